The number of carbonyl (C=O) groups is 2. The molecule has 0 aromatic rings. The van der Waals surface area contributed by atoms with Crippen LogP contribution in [0.2, 0.25) is 0 Å². The first-order valence-electron chi connectivity index (χ1n) is 5.56. The number of carbonyl (C=O) groups excluding carboxylic acids is 2. The van der Waals surface area contributed by atoms with Gasteiger partial charge < -0.3 is 14.4 Å². The summed E-state index contributed by atoms with van der Waals surface area (Å²) in [5.74, 6) is -0.474. The highest BCUT2D eigenvalue weighted by molar-refractivity contribution is 5.82. The molecule has 0 aromatic heterocycles. The fourth-order valence-corrected chi connectivity index (χ4v) is 1.67. The first-order valence-corrected chi connectivity index (χ1v) is 5.56. The maximum absolute atomic E-state index is 11.7. The van der Waals surface area contributed by atoms with Crippen LogP contribution >= 0.6 is 0 Å². The molecule has 0 saturated carbocycles. The molecule has 1 unspecified atom stereocenters. The lowest BCUT2D eigenvalue weighted by atomic mass is 10.1. The Morgan fingerprint density at radius 2 is 2.19 bits per heavy atom. The highest BCUT2D eigenvalue weighted by Gasteiger charge is 2.20. The molecule has 0 aromatic carbocycles. The summed E-state index contributed by atoms with van der Waals surface area (Å²) in [5.41, 5.74) is 0. The van der Waals surface area contributed by atoms with Crippen molar-refractivity contribution in [3.05, 3.63) is 0 Å². The smallest absolute Gasteiger partial charge is 0.325 e. The number of amides is 1. The van der Waals surface area contributed by atoms with E-state index < -0.39 is 5.97 Å². The van der Waals surface area contributed by atoms with Crippen LogP contribution in [-0.2, 0) is 19.1 Å². The van der Waals surface area contributed by atoms with Crippen LogP contribution in [0.25, 0.3) is 0 Å². The predicted molar refractivity (Wildman–Crippen MR) is 57.9 cm³/mol. The van der Waals surface area contributed by atoms with Crippen molar-refractivity contribution in [1.29, 1.82) is 0 Å². The summed E-state index contributed by atoms with van der Waals surface area (Å²) in [6.07, 6.45) is 3.48. The molecular formula is C11H19NO4. The van der Waals surface area contributed by atoms with E-state index in [1.807, 2.05) is 0 Å². The summed E-state index contributed by atoms with van der Waals surface area (Å²) in [4.78, 5) is 24.1. The van der Waals surface area contributed by atoms with Gasteiger partial charge in [-0.1, -0.05) is 0 Å². The van der Waals surface area contributed by atoms with E-state index in [4.69, 9.17) is 4.74 Å². The van der Waals surface area contributed by atoms with Crippen LogP contribution in [0, 0.1) is 0 Å². The summed E-state index contributed by atoms with van der Waals surface area (Å²) in [7, 11) is 2.91. The Labute approximate surface area is 95.7 Å². The Morgan fingerprint density at radius 1 is 1.44 bits per heavy atom. The fraction of sp³-hybridized carbons (Fsp3) is 0.818. The number of esters is 1. The third-order valence-corrected chi connectivity index (χ3v) is 2.70. The van der Waals surface area contributed by atoms with E-state index in [2.05, 4.69) is 4.74 Å². The Morgan fingerprint density at radius 3 is 2.75 bits per heavy atom. The Balaban J connectivity index is 2.29. The maximum Gasteiger partial charge on any atom is 0.325 e. The molecule has 92 valence electrons. The van der Waals surface area contributed by atoms with E-state index in [1.54, 1.807) is 7.05 Å². The molecule has 1 rings (SSSR count). The van der Waals surface area contributed by atoms with Gasteiger partial charge in [0.05, 0.1) is 19.6 Å². The number of likely N-dealkylation sites (N-methyl/N-ethyl adjacent to an activating group) is 1. The van der Waals surface area contributed by atoms with Crippen molar-refractivity contribution in [2.24, 2.45) is 0 Å². The van der Waals surface area contributed by atoms with Gasteiger partial charge in [0.1, 0.15) is 6.54 Å². The van der Waals surface area contributed by atoms with E-state index in [-0.39, 0.29) is 18.6 Å². The maximum atomic E-state index is 11.7. The Bertz CT molecular complexity index is 248. The van der Waals surface area contributed by atoms with Gasteiger partial charge >= 0.3 is 5.97 Å². The first-order chi connectivity index (χ1) is 7.63. The minimum atomic E-state index is -0.402. The zero-order chi connectivity index (χ0) is 12.0. The van der Waals surface area contributed by atoms with Crippen molar-refractivity contribution in [3.8, 4) is 0 Å². The summed E-state index contributed by atoms with van der Waals surface area (Å²) in [5, 5.41) is 0. The normalized spacial score (nSPS) is 20.2. The van der Waals surface area contributed by atoms with Gasteiger partial charge in [0.2, 0.25) is 5.91 Å². The molecule has 0 aliphatic carbocycles. The number of hydrogen-bond acceptors (Lipinski definition) is 4. The molecule has 1 fully saturated rings. The number of rotatable bonds is 4. The highest BCUT2D eigenvalue weighted by atomic mass is 16.5. The quantitative estimate of drug-likeness (QED) is 0.662. The number of methoxy groups -OCH3 is 1. The van der Waals surface area contributed by atoms with Crippen LogP contribution in [0.1, 0.15) is 25.7 Å². The Kier molecular flexibility index (Phi) is 5.25. The molecule has 5 nitrogen and oxygen atoms in total. The molecule has 1 aliphatic heterocycles. The monoisotopic (exact) mass is 229 g/mol. The van der Waals surface area contributed by atoms with Gasteiger partial charge in [-0.25, -0.2) is 0 Å². The van der Waals surface area contributed by atoms with Gasteiger partial charge in [-0.2, -0.15) is 0 Å². The van der Waals surface area contributed by atoms with E-state index >= 15 is 0 Å². The molecule has 1 heterocycles. The molecule has 0 spiro atoms. The zero-order valence-electron chi connectivity index (χ0n) is 9.90. The van der Waals surface area contributed by atoms with Gasteiger partial charge in [0, 0.05) is 13.7 Å². The molecule has 0 N–H and O–H groups in total. The lowest BCUT2D eigenvalue weighted by Gasteiger charge is -2.24. The average molecular weight is 229 g/mol. The molecule has 0 radical (unpaired) electrons. The van der Waals surface area contributed by atoms with E-state index in [9.17, 15) is 9.59 Å². The highest BCUT2D eigenvalue weighted by Crippen LogP contribution is 2.16. The third-order valence-electron chi connectivity index (χ3n) is 2.70. The van der Waals surface area contributed by atoms with Gasteiger partial charge in [-0.05, 0) is 19.3 Å². The summed E-state index contributed by atoms with van der Waals surface area (Å²) < 4.78 is 9.96. The fourth-order valence-electron chi connectivity index (χ4n) is 1.67. The van der Waals surface area contributed by atoms with Gasteiger partial charge in [-0.15, -0.1) is 0 Å². The molecule has 1 amide bonds. The molecular weight excluding hydrogens is 210 g/mol. The molecule has 0 bridgehead atoms. The standard InChI is InChI=1S/C11H19NO4/c1-12(8-11(14)15-2)10(13)7-9-5-3-4-6-16-9/h9H,3-8H2,1-2H3. The minimum absolute atomic E-state index is 0.00204. The van der Waals surface area contributed by atoms with Crippen molar-refractivity contribution in [3.63, 3.8) is 0 Å². The van der Waals surface area contributed by atoms with Crippen LogP contribution in [-0.4, -0.2) is 50.2 Å². The van der Waals surface area contributed by atoms with Crippen molar-refractivity contribution >= 4 is 11.9 Å². The van der Waals surface area contributed by atoms with Crippen molar-refractivity contribution in [1.82, 2.24) is 4.90 Å². The first kappa shape index (κ1) is 13.0. The van der Waals surface area contributed by atoms with Crippen LogP contribution in [0.4, 0.5) is 0 Å². The molecule has 1 aliphatic rings. The van der Waals surface area contributed by atoms with Crippen LogP contribution in [0.3, 0.4) is 0 Å². The van der Waals surface area contributed by atoms with Crippen LogP contribution < -0.4 is 0 Å². The summed E-state index contributed by atoms with van der Waals surface area (Å²) in [6, 6.07) is 0. The van der Waals surface area contributed by atoms with Crippen LogP contribution in [0.5, 0.6) is 0 Å². The predicted octanol–water partition coefficient (Wildman–Crippen LogP) is 0.577. The number of nitrogens with zero attached hydrogens (tertiary/aromatic N) is 1. The molecule has 1 atom stereocenters. The SMILES string of the molecule is COC(=O)CN(C)C(=O)CC1CCCCO1. The largest absolute Gasteiger partial charge is 0.468 e. The van der Waals surface area contributed by atoms with Gasteiger partial charge in [0.25, 0.3) is 0 Å². The second kappa shape index (κ2) is 6.48. The second-order valence-electron chi connectivity index (χ2n) is 4.02. The third kappa shape index (κ3) is 4.18. The second-order valence-corrected chi connectivity index (χ2v) is 4.02. The number of hydrogen-bond donors (Lipinski definition) is 0. The molecule has 5 heteroatoms. The van der Waals surface area contributed by atoms with Crippen molar-refractivity contribution < 1.29 is 19.1 Å². The van der Waals surface area contributed by atoms with Gasteiger partial charge in [0.15, 0.2) is 0 Å². The minimum Gasteiger partial charge on any atom is -0.468 e. The summed E-state index contributed by atoms with van der Waals surface area (Å²) in [6.45, 7) is 0.737. The molecule has 16 heavy (non-hydrogen) atoms. The van der Waals surface area contributed by atoms with E-state index in [1.165, 1.54) is 12.0 Å². The van der Waals surface area contributed by atoms with E-state index in [0.717, 1.165) is 25.9 Å². The molecule has 1 saturated heterocycles. The van der Waals surface area contributed by atoms with Crippen LogP contribution in [0.15, 0.2) is 0 Å². The summed E-state index contributed by atoms with van der Waals surface area (Å²) >= 11 is 0. The van der Waals surface area contributed by atoms with E-state index in [0.29, 0.717) is 6.42 Å². The zero-order valence-corrected chi connectivity index (χ0v) is 9.90. The topological polar surface area (TPSA) is 55.8 Å². The van der Waals surface area contributed by atoms with Gasteiger partial charge in [-0.3, -0.25) is 9.59 Å². The average Bonchev–Trinajstić information content (AvgIpc) is 2.30. The van der Waals surface area contributed by atoms with Crippen molar-refractivity contribution in [2.75, 3.05) is 27.3 Å². The lowest BCUT2D eigenvalue weighted by molar-refractivity contribution is -0.147. The Hall–Kier alpha value is -1.10. The lowest BCUT2D eigenvalue weighted by Crippen LogP contribution is -2.35. The number of ether oxygens (including phenoxy) is 2. The van der Waals surface area contributed by atoms with Crippen molar-refractivity contribution in [2.45, 2.75) is 31.8 Å².